The zero-order valence-electron chi connectivity index (χ0n) is 16.8. The lowest BCUT2D eigenvalue weighted by atomic mass is 10.1. The van der Waals surface area contributed by atoms with Crippen LogP contribution in [0.15, 0.2) is 48.5 Å². The van der Waals surface area contributed by atoms with Gasteiger partial charge >= 0.3 is 0 Å². The molecule has 1 aliphatic rings. The molecule has 0 saturated heterocycles. The number of hydrogen-bond donors (Lipinski definition) is 1. The van der Waals surface area contributed by atoms with Crippen molar-refractivity contribution in [3.8, 4) is 11.5 Å². The molecule has 0 radical (unpaired) electrons. The smallest absolute Gasteiger partial charge is 0.265 e. The van der Waals surface area contributed by atoms with Crippen LogP contribution in [0.4, 0.5) is 11.4 Å². The van der Waals surface area contributed by atoms with Crippen molar-refractivity contribution in [2.75, 3.05) is 30.0 Å². The number of fused-ring (bicyclic) bond motifs is 1. The Kier molecular flexibility index (Phi) is 6.89. The first-order chi connectivity index (χ1) is 14.1. The minimum atomic E-state index is -0.264. The summed E-state index contributed by atoms with van der Waals surface area (Å²) in [5.41, 5.74) is 2.13. The van der Waals surface area contributed by atoms with E-state index < -0.39 is 0 Å². The number of para-hydroxylation sites is 1. The zero-order valence-corrected chi connectivity index (χ0v) is 16.8. The second kappa shape index (κ2) is 9.78. The molecule has 29 heavy (non-hydrogen) atoms. The third-order valence-corrected chi connectivity index (χ3v) is 4.41. The van der Waals surface area contributed by atoms with Gasteiger partial charge in [-0.15, -0.1) is 0 Å². The van der Waals surface area contributed by atoms with E-state index in [1.54, 1.807) is 29.2 Å². The number of amides is 2. The van der Waals surface area contributed by atoms with Crippen LogP contribution in [-0.4, -0.2) is 31.6 Å². The number of ether oxygens (including phenoxy) is 2. The lowest BCUT2D eigenvalue weighted by Crippen LogP contribution is -2.39. The third kappa shape index (κ3) is 5.16. The lowest BCUT2D eigenvalue weighted by molar-refractivity contribution is -0.121. The molecule has 2 aromatic rings. The van der Waals surface area contributed by atoms with Crippen molar-refractivity contribution in [2.24, 2.45) is 0 Å². The topological polar surface area (TPSA) is 67.9 Å². The molecule has 6 heteroatoms. The predicted octanol–water partition coefficient (Wildman–Crippen LogP) is 4.26. The molecule has 0 fully saturated rings. The second-order valence-electron chi connectivity index (χ2n) is 6.73. The highest BCUT2D eigenvalue weighted by Gasteiger charge is 2.25. The molecule has 0 spiro atoms. The van der Waals surface area contributed by atoms with Crippen LogP contribution in [0.25, 0.3) is 6.08 Å². The average Bonchev–Trinajstić information content (AvgIpc) is 2.73. The average molecular weight is 394 g/mol. The van der Waals surface area contributed by atoms with E-state index in [-0.39, 0.29) is 18.4 Å². The van der Waals surface area contributed by atoms with Crippen molar-refractivity contribution in [3.63, 3.8) is 0 Å². The first-order valence-electron chi connectivity index (χ1n) is 9.90. The summed E-state index contributed by atoms with van der Waals surface area (Å²) in [7, 11) is 0. The van der Waals surface area contributed by atoms with Gasteiger partial charge in [-0.3, -0.25) is 9.59 Å². The zero-order chi connectivity index (χ0) is 20.6. The predicted molar refractivity (Wildman–Crippen MR) is 114 cm³/mol. The van der Waals surface area contributed by atoms with Crippen LogP contribution in [-0.2, 0) is 9.59 Å². The second-order valence-corrected chi connectivity index (χ2v) is 6.73. The van der Waals surface area contributed by atoms with Crippen LogP contribution in [0.1, 0.15) is 32.3 Å². The Labute approximate surface area is 171 Å². The maximum Gasteiger partial charge on any atom is 0.265 e. The quantitative estimate of drug-likeness (QED) is 0.679. The first-order valence-corrected chi connectivity index (χ1v) is 9.90. The summed E-state index contributed by atoms with van der Waals surface area (Å²) in [6, 6.07) is 12.9. The molecule has 0 saturated carbocycles. The van der Waals surface area contributed by atoms with Gasteiger partial charge in [-0.25, -0.2) is 0 Å². The van der Waals surface area contributed by atoms with E-state index in [4.69, 9.17) is 9.47 Å². The third-order valence-electron chi connectivity index (χ3n) is 4.41. The van der Waals surface area contributed by atoms with Crippen molar-refractivity contribution < 1.29 is 19.1 Å². The van der Waals surface area contributed by atoms with E-state index in [9.17, 15) is 9.59 Å². The van der Waals surface area contributed by atoms with Gasteiger partial charge in [0, 0.05) is 23.9 Å². The fourth-order valence-electron chi connectivity index (χ4n) is 3.06. The molecule has 0 unspecified atom stereocenters. The molecule has 1 aliphatic heterocycles. The molecular weight excluding hydrogens is 368 g/mol. The summed E-state index contributed by atoms with van der Waals surface area (Å²) in [4.78, 5) is 26.2. The van der Waals surface area contributed by atoms with Gasteiger partial charge in [-0.1, -0.05) is 32.0 Å². The van der Waals surface area contributed by atoms with E-state index in [2.05, 4.69) is 5.32 Å². The summed E-state index contributed by atoms with van der Waals surface area (Å²) >= 11 is 0. The maximum atomic E-state index is 12.4. The first kappa shape index (κ1) is 20.5. The fourth-order valence-corrected chi connectivity index (χ4v) is 3.06. The number of nitrogens with zero attached hydrogens (tertiary/aromatic N) is 1. The molecule has 1 N–H and O–H groups in total. The van der Waals surface area contributed by atoms with Gasteiger partial charge in [0.2, 0.25) is 5.91 Å². The number of carbonyl (C=O) groups is 2. The molecule has 0 aromatic heterocycles. The Morgan fingerprint density at radius 2 is 2.03 bits per heavy atom. The number of hydrogen-bond acceptors (Lipinski definition) is 4. The highest BCUT2D eigenvalue weighted by Crippen LogP contribution is 2.34. The van der Waals surface area contributed by atoms with E-state index in [0.717, 1.165) is 24.2 Å². The SMILES string of the molecule is CCCOc1ccccc1/C=C/C(=O)Nc1ccc2c(c1)N(CCC)C(=O)CO2. The lowest BCUT2D eigenvalue weighted by Gasteiger charge is -2.29. The molecule has 3 rings (SSSR count). The number of anilines is 2. The Balaban J connectivity index is 1.72. The van der Waals surface area contributed by atoms with E-state index >= 15 is 0 Å². The van der Waals surface area contributed by atoms with Crippen LogP contribution in [0.5, 0.6) is 11.5 Å². The van der Waals surface area contributed by atoms with Gasteiger partial charge in [0.15, 0.2) is 6.61 Å². The van der Waals surface area contributed by atoms with Gasteiger partial charge in [-0.05, 0) is 43.2 Å². The van der Waals surface area contributed by atoms with Crippen molar-refractivity contribution in [1.29, 1.82) is 0 Å². The molecule has 0 atom stereocenters. The summed E-state index contributed by atoms with van der Waals surface area (Å²) in [5, 5.41) is 2.84. The van der Waals surface area contributed by atoms with E-state index in [1.807, 2.05) is 38.1 Å². The molecule has 0 bridgehead atoms. The van der Waals surface area contributed by atoms with Gasteiger partial charge in [-0.2, -0.15) is 0 Å². The van der Waals surface area contributed by atoms with Crippen molar-refractivity contribution in [2.45, 2.75) is 26.7 Å². The molecule has 2 aromatic carbocycles. The van der Waals surface area contributed by atoms with E-state index in [1.165, 1.54) is 6.08 Å². The Morgan fingerprint density at radius 1 is 1.21 bits per heavy atom. The van der Waals surface area contributed by atoms with Crippen molar-refractivity contribution in [3.05, 3.63) is 54.1 Å². The Bertz CT molecular complexity index is 908. The number of rotatable bonds is 8. The normalized spacial score (nSPS) is 13.2. The molecule has 1 heterocycles. The summed E-state index contributed by atoms with van der Waals surface area (Å²) < 4.78 is 11.2. The standard InChI is InChI=1S/C23H26N2O4/c1-3-13-25-19-15-18(10-11-21(19)29-16-23(25)27)24-22(26)12-9-17-7-5-6-8-20(17)28-14-4-2/h5-12,15H,3-4,13-14,16H2,1-2H3,(H,24,26)/b12-9+. The molecule has 2 amide bonds. The summed E-state index contributed by atoms with van der Waals surface area (Å²) in [5.74, 6) is 1.05. The Hall–Kier alpha value is -3.28. The number of nitrogens with one attached hydrogen (secondary N) is 1. The van der Waals surface area contributed by atoms with Crippen LogP contribution in [0.2, 0.25) is 0 Å². The van der Waals surface area contributed by atoms with Crippen molar-refractivity contribution in [1.82, 2.24) is 0 Å². The summed E-state index contributed by atoms with van der Waals surface area (Å²) in [6.07, 6.45) is 4.95. The highest BCUT2D eigenvalue weighted by molar-refractivity contribution is 6.03. The molecule has 6 nitrogen and oxygen atoms in total. The fraction of sp³-hybridized carbons (Fsp3) is 0.304. The number of carbonyl (C=O) groups excluding carboxylic acids is 2. The van der Waals surface area contributed by atoms with Gasteiger partial charge < -0.3 is 19.7 Å². The van der Waals surface area contributed by atoms with Crippen LogP contribution >= 0.6 is 0 Å². The molecule has 0 aliphatic carbocycles. The van der Waals surface area contributed by atoms with Crippen molar-refractivity contribution >= 4 is 29.3 Å². The maximum absolute atomic E-state index is 12.4. The van der Waals surface area contributed by atoms with Crippen LogP contribution in [0, 0.1) is 0 Å². The van der Waals surface area contributed by atoms with Gasteiger partial charge in [0.05, 0.1) is 12.3 Å². The minimum Gasteiger partial charge on any atom is -0.493 e. The summed E-state index contributed by atoms with van der Waals surface area (Å²) in [6.45, 7) is 5.34. The molecular formula is C23H26N2O4. The monoisotopic (exact) mass is 394 g/mol. The van der Waals surface area contributed by atoms with E-state index in [0.29, 0.717) is 30.3 Å². The van der Waals surface area contributed by atoms with Gasteiger partial charge in [0.1, 0.15) is 11.5 Å². The van der Waals surface area contributed by atoms with Crippen LogP contribution in [0.3, 0.4) is 0 Å². The minimum absolute atomic E-state index is 0.0426. The Morgan fingerprint density at radius 3 is 2.83 bits per heavy atom. The highest BCUT2D eigenvalue weighted by atomic mass is 16.5. The number of benzene rings is 2. The largest absolute Gasteiger partial charge is 0.493 e. The van der Waals surface area contributed by atoms with Gasteiger partial charge in [0.25, 0.3) is 5.91 Å². The molecule has 152 valence electrons. The van der Waals surface area contributed by atoms with Crippen LogP contribution < -0.4 is 19.7 Å².